The van der Waals surface area contributed by atoms with Gasteiger partial charge in [0.1, 0.15) is 0 Å². The van der Waals surface area contributed by atoms with E-state index in [1.807, 2.05) is 31.2 Å². The van der Waals surface area contributed by atoms with Crippen LogP contribution in [0.25, 0.3) is 0 Å². The standard InChI is InChI=1S/C17H17N3O/c1-12-5-6-13(10-16(12)19)7-8-17(21)20-15-4-2-3-14(9-15)11-18/h2-6,9-10H,7-8,19H2,1H3,(H,20,21). The Hall–Kier alpha value is -2.80. The molecule has 0 unspecified atom stereocenters. The first kappa shape index (κ1) is 14.6. The molecule has 4 nitrogen and oxygen atoms in total. The molecule has 2 aromatic carbocycles. The summed E-state index contributed by atoms with van der Waals surface area (Å²) >= 11 is 0. The van der Waals surface area contributed by atoms with Crippen molar-refractivity contribution in [3.63, 3.8) is 0 Å². The third kappa shape index (κ3) is 4.08. The fourth-order valence-electron chi connectivity index (χ4n) is 1.99. The van der Waals surface area contributed by atoms with E-state index in [-0.39, 0.29) is 5.91 Å². The summed E-state index contributed by atoms with van der Waals surface area (Å²) in [5.74, 6) is -0.0794. The number of rotatable bonds is 4. The minimum absolute atomic E-state index is 0.0794. The van der Waals surface area contributed by atoms with Gasteiger partial charge in [0.05, 0.1) is 11.6 Å². The highest BCUT2D eigenvalue weighted by molar-refractivity contribution is 5.91. The molecule has 3 N–H and O–H groups in total. The van der Waals surface area contributed by atoms with Crippen LogP contribution >= 0.6 is 0 Å². The first-order chi connectivity index (χ1) is 10.1. The summed E-state index contributed by atoms with van der Waals surface area (Å²) in [6.07, 6.45) is 1.01. The minimum Gasteiger partial charge on any atom is -0.399 e. The summed E-state index contributed by atoms with van der Waals surface area (Å²) in [5, 5.41) is 11.6. The molecular weight excluding hydrogens is 262 g/mol. The van der Waals surface area contributed by atoms with Crippen LogP contribution in [0, 0.1) is 18.3 Å². The van der Waals surface area contributed by atoms with E-state index in [1.165, 1.54) is 0 Å². The second-order valence-electron chi connectivity index (χ2n) is 4.93. The molecule has 0 spiro atoms. The lowest BCUT2D eigenvalue weighted by atomic mass is 10.1. The molecule has 0 aromatic heterocycles. The summed E-state index contributed by atoms with van der Waals surface area (Å²) < 4.78 is 0. The predicted molar refractivity (Wildman–Crippen MR) is 83.7 cm³/mol. The monoisotopic (exact) mass is 279 g/mol. The zero-order valence-electron chi connectivity index (χ0n) is 11.9. The van der Waals surface area contributed by atoms with Crippen molar-refractivity contribution in [3.8, 4) is 6.07 Å². The number of benzene rings is 2. The van der Waals surface area contributed by atoms with Crippen LogP contribution in [0.15, 0.2) is 42.5 Å². The Balaban J connectivity index is 1.92. The molecule has 106 valence electrons. The van der Waals surface area contributed by atoms with E-state index in [2.05, 4.69) is 5.32 Å². The number of anilines is 2. The highest BCUT2D eigenvalue weighted by Crippen LogP contribution is 2.15. The SMILES string of the molecule is Cc1ccc(CCC(=O)Nc2cccc(C#N)c2)cc1N. The number of amides is 1. The first-order valence-corrected chi connectivity index (χ1v) is 6.73. The van der Waals surface area contributed by atoms with Crippen LogP contribution in [0.1, 0.15) is 23.1 Å². The molecule has 0 aliphatic heterocycles. The van der Waals surface area contributed by atoms with Crippen molar-refractivity contribution in [2.75, 3.05) is 11.1 Å². The van der Waals surface area contributed by atoms with Gasteiger partial charge in [-0.1, -0.05) is 18.2 Å². The second kappa shape index (κ2) is 6.58. The van der Waals surface area contributed by atoms with Crippen LogP contribution in [0.4, 0.5) is 11.4 Å². The Morgan fingerprint density at radius 3 is 2.81 bits per heavy atom. The van der Waals surface area contributed by atoms with E-state index in [1.54, 1.807) is 24.3 Å². The summed E-state index contributed by atoms with van der Waals surface area (Å²) in [6, 6.07) is 14.8. The van der Waals surface area contributed by atoms with Crippen LogP contribution < -0.4 is 11.1 Å². The highest BCUT2D eigenvalue weighted by Gasteiger charge is 2.05. The molecule has 0 atom stereocenters. The number of carbonyl (C=O) groups is 1. The van der Waals surface area contributed by atoms with Crippen molar-refractivity contribution in [2.45, 2.75) is 19.8 Å². The summed E-state index contributed by atoms with van der Waals surface area (Å²) in [5.41, 5.74) is 9.84. The number of nitrogens with zero attached hydrogens (tertiary/aromatic N) is 1. The van der Waals surface area contributed by atoms with Crippen molar-refractivity contribution in [1.82, 2.24) is 0 Å². The van der Waals surface area contributed by atoms with Gasteiger partial charge in [-0.3, -0.25) is 4.79 Å². The lowest BCUT2D eigenvalue weighted by Gasteiger charge is -2.07. The number of hydrogen-bond acceptors (Lipinski definition) is 3. The number of nitrogen functional groups attached to an aromatic ring is 1. The molecule has 4 heteroatoms. The fourth-order valence-corrected chi connectivity index (χ4v) is 1.99. The van der Waals surface area contributed by atoms with Gasteiger partial charge in [-0.25, -0.2) is 0 Å². The third-order valence-corrected chi connectivity index (χ3v) is 3.26. The Morgan fingerprint density at radius 2 is 2.10 bits per heavy atom. The van der Waals surface area contributed by atoms with E-state index in [9.17, 15) is 4.79 Å². The van der Waals surface area contributed by atoms with Crippen LogP contribution in [-0.2, 0) is 11.2 Å². The van der Waals surface area contributed by atoms with Gasteiger partial charge in [-0.05, 0) is 48.7 Å². The van der Waals surface area contributed by atoms with Crippen LogP contribution in [0.2, 0.25) is 0 Å². The highest BCUT2D eigenvalue weighted by atomic mass is 16.1. The Bertz CT molecular complexity index is 701. The average Bonchev–Trinajstić information content (AvgIpc) is 2.48. The maximum Gasteiger partial charge on any atom is 0.224 e. The van der Waals surface area contributed by atoms with Gasteiger partial charge in [-0.2, -0.15) is 5.26 Å². The number of carbonyl (C=O) groups excluding carboxylic acids is 1. The van der Waals surface area contributed by atoms with E-state index >= 15 is 0 Å². The quantitative estimate of drug-likeness (QED) is 0.844. The van der Waals surface area contributed by atoms with Crippen molar-refractivity contribution in [2.24, 2.45) is 0 Å². The molecule has 0 fully saturated rings. The number of nitrogens with one attached hydrogen (secondary N) is 1. The molecule has 0 saturated heterocycles. The van der Waals surface area contributed by atoms with E-state index in [4.69, 9.17) is 11.0 Å². The smallest absolute Gasteiger partial charge is 0.224 e. The Labute approximate surface area is 124 Å². The van der Waals surface area contributed by atoms with Gasteiger partial charge < -0.3 is 11.1 Å². The van der Waals surface area contributed by atoms with Crippen molar-refractivity contribution < 1.29 is 4.79 Å². The van der Waals surface area contributed by atoms with Crippen molar-refractivity contribution >= 4 is 17.3 Å². The molecule has 21 heavy (non-hydrogen) atoms. The van der Waals surface area contributed by atoms with Gasteiger partial charge in [0.25, 0.3) is 0 Å². The molecule has 0 aliphatic rings. The third-order valence-electron chi connectivity index (χ3n) is 3.26. The topological polar surface area (TPSA) is 78.9 Å². The second-order valence-corrected chi connectivity index (χ2v) is 4.93. The Morgan fingerprint density at radius 1 is 1.29 bits per heavy atom. The molecule has 0 aliphatic carbocycles. The molecule has 2 rings (SSSR count). The normalized spacial score (nSPS) is 9.90. The van der Waals surface area contributed by atoms with Crippen molar-refractivity contribution in [1.29, 1.82) is 5.26 Å². The minimum atomic E-state index is -0.0794. The largest absolute Gasteiger partial charge is 0.399 e. The molecule has 0 bridgehead atoms. The molecular formula is C17H17N3O. The lowest BCUT2D eigenvalue weighted by Crippen LogP contribution is -2.12. The number of hydrogen-bond donors (Lipinski definition) is 2. The number of aryl methyl sites for hydroxylation is 2. The van der Waals surface area contributed by atoms with Gasteiger partial charge in [0.2, 0.25) is 5.91 Å². The van der Waals surface area contributed by atoms with E-state index < -0.39 is 0 Å². The molecule has 0 heterocycles. The molecule has 1 amide bonds. The van der Waals surface area contributed by atoms with Gasteiger partial charge in [-0.15, -0.1) is 0 Å². The van der Waals surface area contributed by atoms with Crippen molar-refractivity contribution in [3.05, 3.63) is 59.2 Å². The molecule has 0 radical (unpaired) electrons. The van der Waals surface area contributed by atoms with Gasteiger partial charge >= 0.3 is 0 Å². The lowest BCUT2D eigenvalue weighted by molar-refractivity contribution is -0.116. The maximum atomic E-state index is 11.9. The zero-order valence-corrected chi connectivity index (χ0v) is 11.9. The average molecular weight is 279 g/mol. The molecule has 2 aromatic rings. The maximum absolute atomic E-state index is 11.9. The number of nitrogens with two attached hydrogens (primary N) is 1. The van der Waals surface area contributed by atoms with Gasteiger partial charge in [0, 0.05) is 17.8 Å². The van der Waals surface area contributed by atoms with Crippen LogP contribution in [0.3, 0.4) is 0 Å². The summed E-state index contributed by atoms with van der Waals surface area (Å²) in [4.78, 5) is 11.9. The van der Waals surface area contributed by atoms with E-state index in [0.29, 0.717) is 24.1 Å². The van der Waals surface area contributed by atoms with Crippen LogP contribution in [-0.4, -0.2) is 5.91 Å². The fraction of sp³-hybridized carbons (Fsp3) is 0.176. The van der Waals surface area contributed by atoms with E-state index in [0.717, 1.165) is 16.8 Å². The Kier molecular flexibility index (Phi) is 4.57. The predicted octanol–water partition coefficient (Wildman–Crippen LogP) is 3.02. The van der Waals surface area contributed by atoms with Gasteiger partial charge in [0.15, 0.2) is 0 Å². The zero-order chi connectivity index (χ0) is 15.2. The summed E-state index contributed by atoms with van der Waals surface area (Å²) in [6.45, 7) is 1.95. The number of nitriles is 1. The first-order valence-electron chi connectivity index (χ1n) is 6.73. The summed E-state index contributed by atoms with van der Waals surface area (Å²) in [7, 11) is 0. The van der Waals surface area contributed by atoms with Crippen LogP contribution in [0.5, 0.6) is 0 Å². The molecule has 0 saturated carbocycles.